The topological polar surface area (TPSA) is 65.1 Å². The molecule has 0 aromatic heterocycles. The Morgan fingerprint density at radius 2 is 1.75 bits per heavy atom. The van der Waals surface area contributed by atoms with E-state index in [4.69, 9.17) is 26.4 Å². The number of carbonyl (C=O) groups excluding carboxylic acids is 2. The van der Waals surface area contributed by atoms with Gasteiger partial charge in [0.1, 0.15) is 10.9 Å². The highest BCUT2D eigenvalue weighted by Gasteiger charge is 2.32. The average molecular weight is 528 g/mol. The summed E-state index contributed by atoms with van der Waals surface area (Å²) in [5.74, 6) is 0.676. The highest BCUT2D eigenvalue weighted by Crippen LogP contribution is 2.35. The van der Waals surface area contributed by atoms with Crippen molar-refractivity contribution in [1.29, 1.82) is 0 Å². The molecule has 1 heterocycles. The maximum absolute atomic E-state index is 12.9. The smallest absolute Gasteiger partial charge is 0.307 e. The van der Waals surface area contributed by atoms with Crippen LogP contribution in [0.25, 0.3) is 6.08 Å². The fourth-order valence-electron chi connectivity index (χ4n) is 3.54. The van der Waals surface area contributed by atoms with E-state index >= 15 is 0 Å². The number of rotatable bonds is 10. The second-order valence-corrected chi connectivity index (χ2v) is 10.9. The second-order valence-electron chi connectivity index (χ2n) is 9.26. The lowest BCUT2D eigenvalue weighted by molar-refractivity contribution is -0.143. The Morgan fingerprint density at radius 1 is 1.03 bits per heavy atom. The maximum Gasteiger partial charge on any atom is 0.307 e. The van der Waals surface area contributed by atoms with Crippen LogP contribution in [-0.2, 0) is 26.3 Å². The third kappa shape index (κ3) is 7.34. The van der Waals surface area contributed by atoms with Crippen molar-refractivity contribution in [3.05, 3.63) is 64.1 Å². The van der Waals surface area contributed by atoms with E-state index in [1.165, 1.54) is 22.2 Å². The number of thiocarbonyl (C=S) groups is 1. The first-order chi connectivity index (χ1) is 17.1. The molecule has 1 aliphatic rings. The van der Waals surface area contributed by atoms with Gasteiger partial charge >= 0.3 is 5.97 Å². The normalized spacial score (nSPS) is 14.9. The van der Waals surface area contributed by atoms with Crippen molar-refractivity contribution in [3.63, 3.8) is 0 Å². The van der Waals surface area contributed by atoms with Gasteiger partial charge in [-0.3, -0.25) is 14.5 Å². The molecule has 0 N–H and O–H groups in total. The molecule has 0 unspecified atom stereocenters. The van der Waals surface area contributed by atoms with Gasteiger partial charge in [-0.25, -0.2) is 0 Å². The molecule has 0 saturated carbocycles. The Kier molecular flexibility index (Phi) is 9.56. The molecule has 2 aromatic carbocycles. The highest BCUT2D eigenvalue weighted by molar-refractivity contribution is 8.26. The molecule has 1 aliphatic heterocycles. The van der Waals surface area contributed by atoms with Crippen molar-refractivity contribution in [3.8, 4) is 11.5 Å². The van der Waals surface area contributed by atoms with Crippen LogP contribution in [0.1, 0.15) is 57.7 Å². The van der Waals surface area contributed by atoms with E-state index < -0.39 is 0 Å². The van der Waals surface area contributed by atoms with E-state index in [-0.39, 0.29) is 30.3 Å². The Morgan fingerprint density at radius 3 is 2.39 bits per heavy atom. The highest BCUT2D eigenvalue weighted by atomic mass is 32.2. The monoisotopic (exact) mass is 527 g/mol. The van der Waals surface area contributed by atoms with Gasteiger partial charge in [0, 0.05) is 6.54 Å². The summed E-state index contributed by atoms with van der Waals surface area (Å²) in [7, 11) is 0. The number of benzene rings is 2. The molecule has 1 fully saturated rings. The Hall–Kier alpha value is -2.84. The summed E-state index contributed by atoms with van der Waals surface area (Å²) in [5, 5.41) is 0. The molecule has 0 atom stereocenters. The standard InChI is InChI=1S/C28H33NO5S2/c1-6-32-23-16-20(17-24-26(31)29(27(35)36-24)15-14-25(30)33-7-2)10-13-22(23)34-18-19-8-11-21(12-9-19)28(3,4)5/h8-13,16-17H,6-7,14-15,18H2,1-5H3/b24-17+. The molecule has 192 valence electrons. The zero-order valence-electron chi connectivity index (χ0n) is 21.5. The molecular formula is C28H33NO5S2. The van der Waals surface area contributed by atoms with E-state index in [1.54, 1.807) is 13.0 Å². The number of ether oxygens (including phenoxy) is 3. The molecular weight excluding hydrogens is 494 g/mol. The number of hydrogen-bond donors (Lipinski definition) is 0. The third-order valence-electron chi connectivity index (χ3n) is 5.50. The summed E-state index contributed by atoms with van der Waals surface area (Å²) in [6, 6.07) is 14.0. The van der Waals surface area contributed by atoms with Crippen molar-refractivity contribution in [2.45, 2.75) is 53.1 Å². The zero-order valence-corrected chi connectivity index (χ0v) is 23.1. The molecule has 0 spiro atoms. The van der Waals surface area contributed by atoms with Crippen LogP contribution >= 0.6 is 24.0 Å². The van der Waals surface area contributed by atoms with Crippen LogP contribution in [0.2, 0.25) is 0 Å². The summed E-state index contributed by atoms with van der Waals surface area (Å²) in [6.45, 7) is 11.6. The van der Waals surface area contributed by atoms with E-state index in [0.717, 1.165) is 11.1 Å². The summed E-state index contributed by atoms with van der Waals surface area (Å²) >= 11 is 6.58. The van der Waals surface area contributed by atoms with Crippen LogP contribution in [0, 0.1) is 0 Å². The summed E-state index contributed by atoms with van der Waals surface area (Å²) in [4.78, 5) is 26.5. The van der Waals surface area contributed by atoms with Crippen LogP contribution in [0.3, 0.4) is 0 Å². The molecule has 0 aliphatic carbocycles. The van der Waals surface area contributed by atoms with Gasteiger partial charge < -0.3 is 14.2 Å². The average Bonchev–Trinajstić information content (AvgIpc) is 3.09. The van der Waals surface area contributed by atoms with Crippen molar-refractivity contribution >= 4 is 46.3 Å². The number of nitrogens with zero attached hydrogens (tertiary/aromatic N) is 1. The summed E-state index contributed by atoms with van der Waals surface area (Å²) in [5.41, 5.74) is 3.25. The van der Waals surface area contributed by atoms with Crippen molar-refractivity contribution in [1.82, 2.24) is 4.90 Å². The molecule has 1 amide bonds. The Balaban J connectivity index is 1.70. The third-order valence-corrected chi connectivity index (χ3v) is 6.88. The number of thioether (sulfide) groups is 1. The van der Waals surface area contributed by atoms with Gasteiger partial charge in [0.2, 0.25) is 0 Å². The first-order valence-electron chi connectivity index (χ1n) is 12.0. The number of carbonyl (C=O) groups is 2. The largest absolute Gasteiger partial charge is 0.490 e. The molecule has 1 saturated heterocycles. The predicted octanol–water partition coefficient (Wildman–Crippen LogP) is 6.12. The van der Waals surface area contributed by atoms with Gasteiger partial charge in [-0.2, -0.15) is 0 Å². The molecule has 0 radical (unpaired) electrons. The predicted molar refractivity (Wildman–Crippen MR) is 148 cm³/mol. The van der Waals surface area contributed by atoms with Crippen molar-refractivity contribution in [2.75, 3.05) is 19.8 Å². The lowest BCUT2D eigenvalue weighted by atomic mass is 9.87. The fourth-order valence-corrected chi connectivity index (χ4v) is 4.85. The Bertz CT molecular complexity index is 1140. The number of esters is 1. The van der Waals surface area contributed by atoms with E-state index in [9.17, 15) is 9.59 Å². The first kappa shape index (κ1) is 27.7. The van der Waals surface area contributed by atoms with Crippen molar-refractivity contribution < 1.29 is 23.8 Å². The summed E-state index contributed by atoms with van der Waals surface area (Å²) in [6.07, 6.45) is 1.88. The van der Waals surface area contributed by atoms with Gasteiger partial charge in [-0.05, 0) is 54.2 Å². The summed E-state index contributed by atoms with van der Waals surface area (Å²) < 4.78 is 17.3. The molecule has 3 rings (SSSR count). The van der Waals surface area contributed by atoms with Crippen LogP contribution in [0.4, 0.5) is 0 Å². The first-order valence-corrected chi connectivity index (χ1v) is 13.2. The van der Waals surface area contributed by atoms with Crippen molar-refractivity contribution in [2.24, 2.45) is 0 Å². The number of amides is 1. The molecule has 8 heteroatoms. The molecule has 6 nitrogen and oxygen atoms in total. The number of hydrogen-bond acceptors (Lipinski definition) is 7. The maximum atomic E-state index is 12.9. The second kappa shape index (κ2) is 12.4. The van der Waals surface area contributed by atoms with Crippen LogP contribution in [-0.4, -0.2) is 40.9 Å². The minimum atomic E-state index is -0.349. The molecule has 0 bridgehead atoms. The van der Waals surface area contributed by atoms with Gasteiger partial charge in [0.25, 0.3) is 5.91 Å². The SMILES string of the molecule is CCOC(=O)CCN1C(=O)/C(=C\c2ccc(OCc3ccc(C(C)(C)C)cc3)c(OCC)c2)SC1=S. The van der Waals surface area contributed by atoms with E-state index in [0.29, 0.717) is 40.5 Å². The lowest BCUT2D eigenvalue weighted by Crippen LogP contribution is -2.30. The minimum Gasteiger partial charge on any atom is -0.490 e. The van der Waals surface area contributed by atoms with Gasteiger partial charge in [-0.1, -0.05) is 75.1 Å². The van der Waals surface area contributed by atoms with E-state index in [2.05, 4.69) is 45.0 Å². The lowest BCUT2D eigenvalue weighted by Gasteiger charge is -2.19. The molecule has 2 aromatic rings. The van der Waals surface area contributed by atoms with E-state index in [1.807, 2.05) is 25.1 Å². The van der Waals surface area contributed by atoms with Gasteiger partial charge in [0.05, 0.1) is 24.5 Å². The van der Waals surface area contributed by atoms with Crippen LogP contribution in [0.15, 0.2) is 47.4 Å². The zero-order chi connectivity index (χ0) is 26.3. The van der Waals surface area contributed by atoms with Crippen LogP contribution < -0.4 is 9.47 Å². The molecule has 36 heavy (non-hydrogen) atoms. The minimum absolute atomic E-state index is 0.104. The van der Waals surface area contributed by atoms with Crippen LogP contribution in [0.5, 0.6) is 11.5 Å². The quantitative estimate of drug-likeness (QED) is 0.210. The Labute approximate surface area is 223 Å². The van der Waals surface area contributed by atoms with Gasteiger partial charge in [-0.15, -0.1) is 0 Å². The fraction of sp³-hybridized carbons (Fsp3) is 0.393. The van der Waals surface area contributed by atoms with Gasteiger partial charge in [0.15, 0.2) is 11.5 Å².